The predicted octanol–water partition coefficient (Wildman–Crippen LogP) is 3.90. The Bertz CT molecular complexity index is 578. The van der Waals surface area contributed by atoms with Gasteiger partial charge in [0.05, 0.1) is 6.26 Å². The van der Waals surface area contributed by atoms with E-state index in [1.54, 1.807) is 6.26 Å². The van der Waals surface area contributed by atoms with Gasteiger partial charge in [-0.25, -0.2) is 0 Å². The Morgan fingerprint density at radius 3 is 2.67 bits per heavy atom. The zero-order valence-corrected chi connectivity index (χ0v) is 8.10. The minimum atomic E-state index is 0.886. The minimum absolute atomic E-state index is 0.886. The molecule has 0 aliphatic heterocycles. The zero-order valence-electron chi connectivity index (χ0n) is 8.10. The van der Waals surface area contributed by atoms with Gasteiger partial charge >= 0.3 is 0 Å². The van der Waals surface area contributed by atoms with E-state index in [9.17, 15) is 0 Å². The van der Waals surface area contributed by atoms with E-state index in [-0.39, 0.29) is 0 Å². The first-order valence-corrected chi connectivity index (χ1v) is 4.88. The van der Waals surface area contributed by atoms with Crippen LogP contribution >= 0.6 is 0 Å². The number of hydrogen-bond donors (Lipinski definition) is 0. The molecule has 0 fully saturated rings. The molecule has 1 aromatic heterocycles. The van der Waals surface area contributed by atoms with E-state index < -0.39 is 0 Å². The smallest absolute Gasteiger partial charge is 0.135 e. The van der Waals surface area contributed by atoms with E-state index in [0.29, 0.717) is 0 Å². The Kier molecular flexibility index (Phi) is 1.82. The molecule has 0 atom stereocenters. The highest BCUT2D eigenvalue weighted by atomic mass is 16.3. The topological polar surface area (TPSA) is 13.1 Å². The number of hydrogen-bond acceptors (Lipinski definition) is 1. The van der Waals surface area contributed by atoms with E-state index in [4.69, 9.17) is 4.42 Å². The van der Waals surface area contributed by atoms with Gasteiger partial charge in [-0.1, -0.05) is 30.3 Å². The Labute approximate surface area is 88.0 Å². The van der Waals surface area contributed by atoms with Crippen LogP contribution in [-0.2, 0) is 0 Å². The van der Waals surface area contributed by atoms with Gasteiger partial charge < -0.3 is 4.42 Å². The van der Waals surface area contributed by atoms with E-state index in [1.165, 1.54) is 11.1 Å². The Balaban J connectivity index is 2.31. The Hall–Kier alpha value is -2.02. The highest BCUT2D eigenvalue weighted by molar-refractivity contribution is 5.93. The van der Waals surface area contributed by atoms with Crippen molar-refractivity contribution in [1.82, 2.24) is 0 Å². The molecule has 3 rings (SSSR count). The fraction of sp³-hybridized carbons (Fsp3) is 0. The highest BCUT2D eigenvalue weighted by Gasteiger charge is 2.04. The molecule has 0 bridgehead atoms. The second-order valence-electron chi connectivity index (χ2n) is 3.43. The molecule has 71 valence electrons. The SMILES string of the molecule is [c]1cc(-c2ccccc2)c2ccoc2c1. The maximum atomic E-state index is 5.35. The van der Waals surface area contributed by atoms with Gasteiger partial charge in [-0.2, -0.15) is 0 Å². The van der Waals surface area contributed by atoms with Gasteiger partial charge in [-0.15, -0.1) is 0 Å². The third-order valence-electron chi connectivity index (χ3n) is 2.51. The lowest BCUT2D eigenvalue weighted by molar-refractivity contribution is 0.616. The van der Waals surface area contributed by atoms with Crippen molar-refractivity contribution in [2.24, 2.45) is 0 Å². The lowest BCUT2D eigenvalue weighted by Crippen LogP contribution is -1.77. The molecular formula is C14H9O. The summed E-state index contributed by atoms with van der Waals surface area (Å²) in [6, 6.07) is 19.2. The molecule has 0 spiro atoms. The first kappa shape index (κ1) is 8.30. The Morgan fingerprint density at radius 2 is 1.80 bits per heavy atom. The van der Waals surface area contributed by atoms with Crippen molar-refractivity contribution in [2.75, 3.05) is 0 Å². The summed E-state index contributed by atoms with van der Waals surface area (Å²) in [5, 5.41) is 1.14. The normalized spacial score (nSPS) is 10.7. The second-order valence-corrected chi connectivity index (χ2v) is 3.43. The summed E-state index contributed by atoms with van der Waals surface area (Å²) in [7, 11) is 0. The van der Waals surface area contributed by atoms with E-state index in [1.807, 2.05) is 36.4 Å². The third-order valence-corrected chi connectivity index (χ3v) is 2.51. The van der Waals surface area contributed by atoms with Gasteiger partial charge in [0.25, 0.3) is 0 Å². The van der Waals surface area contributed by atoms with Crippen LogP contribution in [0.3, 0.4) is 0 Å². The van der Waals surface area contributed by atoms with Crippen LogP contribution in [0.15, 0.2) is 59.2 Å². The summed E-state index contributed by atoms with van der Waals surface area (Å²) in [6.07, 6.45) is 1.71. The van der Waals surface area contributed by atoms with Gasteiger partial charge in [0.2, 0.25) is 0 Å². The average Bonchev–Trinajstić information content (AvgIpc) is 2.78. The third kappa shape index (κ3) is 1.33. The number of fused-ring (bicyclic) bond motifs is 1. The second kappa shape index (κ2) is 3.28. The lowest BCUT2D eigenvalue weighted by atomic mass is 10.0. The molecular weight excluding hydrogens is 184 g/mol. The minimum Gasteiger partial charge on any atom is -0.464 e. The molecule has 2 aromatic carbocycles. The molecule has 0 saturated heterocycles. The van der Waals surface area contributed by atoms with Crippen LogP contribution in [0, 0.1) is 6.07 Å². The molecule has 0 unspecified atom stereocenters. The molecule has 0 aliphatic carbocycles. The van der Waals surface area contributed by atoms with Crippen molar-refractivity contribution in [2.45, 2.75) is 0 Å². The van der Waals surface area contributed by atoms with Gasteiger partial charge in [0, 0.05) is 5.39 Å². The standard InChI is InChI=1S/C14H9O/c1-2-5-11(6-3-1)12-7-4-8-14-13(12)9-10-15-14/h1-3,5-10H. The number of benzene rings is 2. The quantitative estimate of drug-likeness (QED) is 0.571. The van der Waals surface area contributed by atoms with Crippen LogP contribution in [-0.4, -0.2) is 0 Å². The molecule has 0 saturated carbocycles. The van der Waals surface area contributed by atoms with Crippen LogP contribution in [0.4, 0.5) is 0 Å². The van der Waals surface area contributed by atoms with Crippen LogP contribution < -0.4 is 0 Å². The number of furan rings is 1. The van der Waals surface area contributed by atoms with E-state index in [0.717, 1.165) is 11.0 Å². The van der Waals surface area contributed by atoms with Crippen LogP contribution in [0.1, 0.15) is 0 Å². The molecule has 3 aromatic rings. The van der Waals surface area contributed by atoms with Crippen molar-refractivity contribution in [3.05, 3.63) is 60.9 Å². The van der Waals surface area contributed by atoms with E-state index >= 15 is 0 Å². The van der Waals surface area contributed by atoms with Crippen LogP contribution in [0.25, 0.3) is 22.1 Å². The molecule has 1 radical (unpaired) electrons. The van der Waals surface area contributed by atoms with Crippen molar-refractivity contribution < 1.29 is 4.42 Å². The Morgan fingerprint density at radius 1 is 0.933 bits per heavy atom. The summed E-state index contributed by atoms with van der Waals surface area (Å²) in [4.78, 5) is 0. The maximum Gasteiger partial charge on any atom is 0.135 e. The van der Waals surface area contributed by atoms with Crippen molar-refractivity contribution in [3.8, 4) is 11.1 Å². The van der Waals surface area contributed by atoms with Crippen molar-refractivity contribution in [3.63, 3.8) is 0 Å². The van der Waals surface area contributed by atoms with Crippen LogP contribution in [0.2, 0.25) is 0 Å². The summed E-state index contributed by atoms with van der Waals surface area (Å²) < 4.78 is 5.35. The van der Waals surface area contributed by atoms with E-state index in [2.05, 4.69) is 18.2 Å². The zero-order chi connectivity index (χ0) is 10.1. The van der Waals surface area contributed by atoms with Crippen LogP contribution in [0.5, 0.6) is 0 Å². The highest BCUT2D eigenvalue weighted by Crippen LogP contribution is 2.28. The van der Waals surface area contributed by atoms with Gasteiger partial charge in [-0.05, 0) is 35.4 Å². The molecule has 1 heteroatoms. The molecule has 0 aliphatic rings. The largest absolute Gasteiger partial charge is 0.464 e. The number of rotatable bonds is 1. The molecule has 1 heterocycles. The molecule has 0 N–H and O–H groups in total. The molecule has 1 nitrogen and oxygen atoms in total. The first-order chi connectivity index (χ1) is 7.45. The first-order valence-electron chi connectivity index (χ1n) is 4.88. The fourth-order valence-electron chi connectivity index (χ4n) is 1.79. The molecule has 0 amide bonds. The fourth-order valence-corrected chi connectivity index (χ4v) is 1.79. The summed E-state index contributed by atoms with van der Waals surface area (Å²) in [5.41, 5.74) is 3.25. The summed E-state index contributed by atoms with van der Waals surface area (Å²) in [6.45, 7) is 0. The van der Waals surface area contributed by atoms with Gasteiger partial charge in [-0.3, -0.25) is 0 Å². The lowest BCUT2D eigenvalue weighted by Gasteiger charge is -2.01. The average molecular weight is 193 g/mol. The van der Waals surface area contributed by atoms with Crippen molar-refractivity contribution >= 4 is 11.0 Å². The van der Waals surface area contributed by atoms with Gasteiger partial charge in [0.15, 0.2) is 0 Å². The molecule has 15 heavy (non-hydrogen) atoms. The monoisotopic (exact) mass is 193 g/mol. The predicted molar refractivity (Wildman–Crippen MR) is 60.5 cm³/mol. The van der Waals surface area contributed by atoms with Crippen molar-refractivity contribution in [1.29, 1.82) is 0 Å². The summed E-state index contributed by atoms with van der Waals surface area (Å²) >= 11 is 0. The summed E-state index contributed by atoms with van der Waals surface area (Å²) in [5.74, 6) is 0. The maximum absolute atomic E-state index is 5.35. The van der Waals surface area contributed by atoms with Gasteiger partial charge in [0.1, 0.15) is 5.58 Å².